The van der Waals surface area contributed by atoms with E-state index in [4.69, 9.17) is 5.73 Å². The van der Waals surface area contributed by atoms with Gasteiger partial charge < -0.3 is 15.6 Å². The normalized spacial score (nSPS) is 18.8. The first-order chi connectivity index (χ1) is 13.5. The molecule has 148 valence electrons. The average molecular weight is 404 g/mol. The minimum atomic E-state index is -2.60. The minimum absolute atomic E-state index is 0.00243. The predicted molar refractivity (Wildman–Crippen MR) is 106 cm³/mol. The fourth-order valence-corrected chi connectivity index (χ4v) is 4.14. The number of nitrogens with two attached hydrogens (primary N) is 1. The molecule has 0 amide bonds. The van der Waals surface area contributed by atoms with Gasteiger partial charge >= 0.3 is 0 Å². The van der Waals surface area contributed by atoms with Crippen LogP contribution in [-0.4, -0.2) is 39.6 Å². The maximum atomic E-state index is 13.9. The van der Waals surface area contributed by atoms with Gasteiger partial charge in [-0.2, -0.15) is 0 Å². The van der Waals surface area contributed by atoms with Crippen LogP contribution in [0.4, 0.5) is 14.6 Å². The Kier molecular flexibility index (Phi) is 5.20. The summed E-state index contributed by atoms with van der Waals surface area (Å²) in [6.45, 7) is 2.53. The van der Waals surface area contributed by atoms with Crippen molar-refractivity contribution in [3.8, 4) is 0 Å². The summed E-state index contributed by atoms with van der Waals surface area (Å²) in [7, 11) is 1.87. The molecule has 1 fully saturated rings. The lowest BCUT2D eigenvalue weighted by Gasteiger charge is -2.20. The maximum absolute atomic E-state index is 13.9. The van der Waals surface area contributed by atoms with Gasteiger partial charge in [0.15, 0.2) is 5.16 Å². The molecule has 6 nitrogen and oxygen atoms in total. The van der Waals surface area contributed by atoms with E-state index in [1.807, 2.05) is 31.0 Å². The third-order valence-electron chi connectivity index (χ3n) is 5.00. The summed E-state index contributed by atoms with van der Waals surface area (Å²) in [5.41, 5.74) is 6.88. The van der Waals surface area contributed by atoms with Crippen LogP contribution in [0.3, 0.4) is 0 Å². The Labute approximate surface area is 166 Å². The van der Waals surface area contributed by atoms with E-state index in [1.165, 1.54) is 11.8 Å². The number of alkyl halides is 2. The van der Waals surface area contributed by atoms with Crippen LogP contribution >= 0.6 is 11.8 Å². The molecule has 0 saturated heterocycles. The van der Waals surface area contributed by atoms with E-state index in [1.54, 1.807) is 12.4 Å². The van der Waals surface area contributed by atoms with E-state index in [0.717, 1.165) is 11.3 Å². The second-order valence-electron chi connectivity index (χ2n) is 7.06. The van der Waals surface area contributed by atoms with Gasteiger partial charge in [0.2, 0.25) is 0 Å². The van der Waals surface area contributed by atoms with E-state index >= 15 is 0 Å². The van der Waals surface area contributed by atoms with Crippen molar-refractivity contribution in [3.05, 3.63) is 35.8 Å². The van der Waals surface area contributed by atoms with Gasteiger partial charge in [0.1, 0.15) is 11.5 Å². The highest BCUT2D eigenvalue weighted by atomic mass is 32.2. The van der Waals surface area contributed by atoms with Crippen LogP contribution in [0.2, 0.25) is 0 Å². The van der Waals surface area contributed by atoms with Crippen molar-refractivity contribution in [2.24, 2.45) is 11.7 Å². The van der Waals surface area contributed by atoms with Crippen LogP contribution in [0, 0.1) is 5.92 Å². The van der Waals surface area contributed by atoms with Crippen molar-refractivity contribution >= 4 is 28.6 Å². The minimum Gasteiger partial charge on any atom is -0.359 e. The van der Waals surface area contributed by atoms with Gasteiger partial charge in [0, 0.05) is 42.6 Å². The number of H-pyrrole nitrogens is 1. The van der Waals surface area contributed by atoms with Gasteiger partial charge in [-0.1, -0.05) is 6.92 Å². The number of nitrogens with zero attached hydrogens (tertiary/aromatic N) is 4. The lowest BCUT2D eigenvalue weighted by molar-refractivity contribution is 0.152. The molecule has 1 aliphatic rings. The first kappa shape index (κ1) is 19.1. The smallest absolute Gasteiger partial charge is 0.266 e. The summed E-state index contributed by atoms with van der Waals surface area (Å²) < 4.78 is 27.8. The Morgan fingerprint density at radius 2 is 2.18 bits per heavy atom. The Morgan fingerprint density at radius 1 is 1.39 bits per heavy atom. The molecular weight excluding hydrogens is 382 g/mol. The molecular formula is C19H22F2N6S. The number of nitrogens with one attached hydrogen (secondary N) is 1. The molecule has 0 bridgehead atoms. The molecule has 1 unspecified atom stereocenters. The topological polar surface area (TPSA) is 83.7 Å². The van der Waals surface area contributed by atoms with E-state index in [0.29, 0.717) is 46.6 Å². The molecule has 9 heteroatoms. The Balaban J connectivity index is 1.82. The number of pyridine rings is 1. The molecule has 4 rings (SSSR count). The van der Waals surface area contributed by atoms with Crippen LogP contribution < -0.4 is 10.6 Å². The third-order valence-corrected chi connectivity index (χ3v) is 5.84. The number of hydrogen-bond acceptors (Lipinski definition) is 6. The zero-order chi connectivity index (χ0) is 19.8. The van der Waals surface area contributed by atoms with Crippen LogP contribution in [0.15, 0.2) is 34.6 Å². The SMILES string of the molecule is CCc1[nH]c2nc(Sc3cccnc3)nc(N(C)C[C@@H]3CC3N)c2c1C(F)F. The van der Waals surface area contributed by atoms with E-state index in [2.05, 4.69) is 19.9 Å². The molecule has 0 aromatic carbocycles. The Morgan fingerprint density at radius 3 is 2.79 bits per heavy atom. The van der Waals surface area contributed by atoms with E-state index in [-0.39, 0.29) is 11.6 Å². The average Bonchev–Trinajstić information content (AvgIpc) is 3.23. The molecule has 28 heavy (non-hydrogen) atoms. The summed E-state index contributed by atoms with van der Waals surface area (Å²) in [4.78, 5) is 19.2. The maximum Gasteiger partial charge on any atom is 0.266 e. The second kappa shape index (κ2) is 7.63. The first-order valence-corrected chi connectivity index (χ1v) is 10.0. The largest absolute Gasteiger partial charge is 0.359 e. The number of anilines is 1. The standard InChI is InChI=1S/C19H22F2N6S/c1-3-13-14(16(20)21)15-17(24-13)25-19(28-11-5-4-6-23-8-11)26-18(15)27(2)9-10-7-12(10)22/h4-6,8,10,12,16H,3,7,9,22H2,1-2H3,(H,24,25,26)/t10-,12?/m0/s1. The predicted octanol–water partition coefficient (Wildman–Crippen LogP) is 3.79. The van der Waals surface area contributed by atoms with Crippen molar-refractivity contribution in [1.29, 1.82) is 0 Å². The highest BCUT2D eigenvalue weighted by Gasteiger charge is 2.35. The summed E-state index contributed by atoms with van der Waals surface area (Å²) in [6, 6.07) is 3.92. The zero-order valence-electron chi connectivity index (χ0n) is 15.7. The molecule has 1 aliphatic carbocycles. The third kappa shape index (κ3) is 3.68. The number of hydrogen-bond donors (Lipinski definition) is 2. The van der Waals surface area contributed by atoms with Crippen molar-refractivity contribution in [2.75, 3.05) is 18.5 Å². The molecule has 1 saturated carbocycles. The van der Waals surface area contributed by atoms with E-state index < -0.39 is 6.43 Å². The van der Waals surface area contributed by atoms with Crippen molar-refractivity contribution < 1.29 is 8.78 Å². The Bertz CT molecular complexity index is 977. The second-order valence-corrected chi connectivity index (χ2v) is 8.10. The monoisotopic (exact) mass is 404 g/mol. The molecule has 3 N–H and O–H groups in total. The van der Waals surface area contributed by atoms with Gasteiger partial charge in [-0.15, -0.1) is 0 Å². The van der Waals surface area contributed by atoms with Gasteiger partial charge in [0.25, 0.3) is 6.43 Å². The van der Waals surface area contributed by atoms with Gasteiger partial charge in [-0.05, 0) is 42.7 Å². The molecule has 0 radical (unpaired) electrons. The van der Waals surface area contributed by atoms with E-state index in [9.17, 15) is 8.78 Å². The molecule has 3 aromatic rings. The van der Waals surface area contributed by atoms with Gasteiger partial charge in [0.05, 0.1) is 10.9 Å². The number of fused-ring (bicyclic) bond motifs is 1. The number of aryl methyl sites for hydroxylation is 1. The summed E-state index contributed by atoms with van der Waals surface area (Å²) in [5.74, 6) is 0.880. The molecule has 0 aliphatic heterocycles. The van der Waals surface area contributed by atoms with Crippen molar-refractivity contribution in [1.82, 2.24) is 19.9 Å². The van der Waals surface area contributed by atoms with Gasteiger partial charge in [-0.3, -0.25) is 4.98 Å². The quantitative estimate of drug-likeness (QED) is 0.583. The lowest BCUT2D eigenvalue weighted by Crippen LogP contribution is -2.24. The Hall–Kier alpha value is -2.26. The number of aromatic nitrogens is 4. The van der Waals surface area contributed by atoms with Crippen LogP contribution in [0.1, 0.15) is 31.0 Å². The number of rotatable bonds is 7. The molecule has 2 atom stereocenters. The van der Waals surface area contributed by atoms with Crippen LogP contribution in [0.25, 0.3) is 11.0 Å². The first-order valence-electron chi connectivity index (χ1n) is 9.23. The summed E-state index contributed by atoms with van der Waals surface area (Å²) >= 11 is 1.36. The highest BCUT2D eigenvalue weighted by molar-refractivity contribution is 7.99. The summed E-state index contributed by atoms with van der Waals surface area (Å²) in [5, 5.41) is 0.895. The molecule has 0 spiro atoms. The van der Waals surface area contributed by atoms with Crippen LogP contribution in [0.5, 0.6) is 0 Å². The molecule has 3 aromatic heterocycles. The van der Waals surface area contributed by atoms with Crippen molar-refractivity contribution in [3.63, 3.8) is 0 Å². The van der Waals surface area contributed by atoms with Crippen molar-refractivity contribution in [2.45, 2.75) is 42.3 Å². The highest BCUT2D eigenvalue weighted by Crippen LogP contribution is 2.39. The molecule has 3 heterocycles. The number of halogens is 2. The fraction of sp³-hybridized carbons (Fsp3) is 0.421. The zero-order valence-corrected chi connectivity index (χ0v) is 16.5. The summed E-state index contributed by atoms with van der Waals surface area (Å²) in [6.07, 6.45) is 2.24. The fourth-order valence-electron chi connectivity index (χ4n) is 3.40. The van der Waals surface area contributed by atoms with Gasteiger partial charge in [-0.25, -0.2) is 18.7 Å². The lowest BCUT2D eigenvalue weighted by atomic mass is 10.1. The number of aromatic amines is 1. The van der Waals surface area contributed by atoms with Crippen LogP contribution in [-0.2, 0) is 6.42 Å².